The number of hydrogen-bond donors (Lipinski definition) is 1. The number of rotatable bonds is 9. The van der Waals surface area contributed by atoms with Crippen molar-refractivity contribution in [3.63, 3.8) is 0 Å². The van der Waals surface area contributed by atoms with Gasteiger partial charge in [-0.15, -0.1) is 0 Å². The van der Waals surface area contributed by atoms with Gasteiger partial charge < -0.3 is 14.3 Å². The van der Waals surface area contributed by atoms with E-state index in [0.29, 0.717) is 6.61 Å². The van der Waals surface area contributed by atoms with Gasteiger partial charge in [0.15, 0.2) is 0 Å². The highest BCUT2D eigenvalue weighted by molar-refractivity contribution is 6.99. The summed E-state index contributed by atoms with van der Waals surface area (Å²) < 4.78 is 12.7. The van der Waals surface area contributed by atoms with Gasteiger partial charge in [0, 0.05) is 32.2 Å². The average Bonchev–Trinajstić information content (AvgIpc) is 2.69. The molecule has 0 heterocycles. The number of methoxy groups -OCH3 is 1. The van der Waals surface area contributed by atoms with Gasteiger partial charge in [0.2, 0.25) is 0 Å². The van der Waals surface area contributed by atoms with E-state index < -0.39 is 8.32 Å². The molecule has 3 atom stereocenters. The number of aliphatic hydroxyl groups is 1. The zero-order chi connectivity index (χ0) is 20.8. The summed E-state index contributed by atoms with van der Waals surface area (Å²) in [7, 11) is -0.815. The summed E-state index contributed by atoms with van der Waals surface area (Å²) in [5, 5.41) is 12.1. The summed E-state index contributed by atoms with van der Waals surface area (Å²) in [4.78, 5) is 0. The van der Waals surface area contributed by atoms with Crippen molar-refractivity contribution in [3.05, 3.63) is 60.7 Å². The van der Waals surface area contributed by atoms with Crippen LogP contribution in [0.25, 0.3) is 0 Å². The first-order chi connectivity index (χ1) is 13.3. The normalized spacial score (nSPS) is 15.8. The van der Waals surface area contributed by atoms with E-state index in [0.717, 1.165) is 0 Å². The molecule has 0 aliphatic rings. The molecule has 0 aromatic heterocycles. The lowest BCUT2D eigenvalue weighted by Crippen LogP contribution is -2.67. The fraction of sp³-hybridized carbons (Fsp3) is 0.500. The van der Waals surface area contributed by atoms with Crippen LogP contribution in [0.3, 0.4) is 0 Å². The average molecular weight is 401 g/mol. The van der Waals surface area contributed by atoms with Crippen molar-refractivity contribution in [2.45, 2.75) is 45.8 Å². The second-order valence-electron chi connectivity index (χ2n) is 8.81. The SMILES string of the molecule is CO[C@@H]([C@@H](C)CO)[C@@H](C)CO[Si](c1ccccc1)(c1ccccc1)C(C)(C)C. The molecule has 28 heavy (non-hydrogen) atoms. The molecule has 2 aromatic rings. The van der Waals surface area contributed by atoms with Crippen LogP contribution in [0.1, 0.15) is 34.6 Å². The van der Waals surface area contributed by atoms with E-state index in [1.165, 1.54) is 10.4 Å². The summed E-state index contributed by atoms with van der Waals surface area (Å²) in [6, 6.07) is 21.4. The minimum Gasteiger partial charge on any atom is -0.407 e. The summed E-state index contributed by atoms with van der Waals surface area (Å²) in [6.07, 6.45) is -0.0387. The van der Waals surface area contributed by atoms with E-state index in [-0.39, 0.29) is 29.6 Å². The molecule has 0 fully saturated rings. The second kappa shape index (κ2) is 9.84. The molecule has 3 nitrogen and oxygen atoms in total. The maximum atomic E-state index is 9.59. The molecule has 0 spiro atoms. The van der Waals surface area contributed by atoms with Crippen molar-refractivity contribution < 1.29 is 14.3 Å². The van der Waals surface area contributed by atoms with Crippen molar-refractivity contribution in [2.24, 2.45) is 11.8 Å². The first kappa shape index (κ1) is 22.8. The van der Waals surface area contributed by atoms with Crippen molar-refractivity contribution in [1.82, 2.24) is 0 Å². The van der Waals surface area contributed by atoms with Crippen LogP contribution in [0.4, 0.5) is 0 Å². The molecule has 154 valence electrons. The Hall–Kier alpha value is -1.46. The Morgan fingerprint density at radius 1 is 0.857 bits per heavy atom. The quantitative estimate of drug-likeness (QED) is 0.650. The lowest BCUT2D eigenvalue weighted by atomic mass is 9.94. The molecule has 4 heteroatoms. The molecule has 2 aromatic carbocycles. The Morgan fingerprint density at radius 3 is 1.68 bits per heavy atom. The Bertz CT molecular complexity index is 657. The number of aliphatic hydroxyl groups excluding tert-OH is 1. The fourth-order valence-corrected chi connectivity index (χ4v) is 8.91. The van der Waals surface area contributed by atoms with Gasteiger partial charge in [0.05, 0.1) is 6.10 Å². The van der Waals surface area contributed by atoms with Crippen molar-refractivity contribution >= 4 is 18.7 Å². The highest BCUT2D eigenvalue weighted by atomic mass is 28.4. The van der Waals surface area contributed by atoms with Gasteiger partial charge in [-0.25, -0.2) is 0 Å². The van der Waals surface area contributed by atoms with Crippen molar-refractivity contribution in [1.29, 1.82) is 0 Å². The zero-order valence-corrected chi connectivity index (χ0v) is 19.2. The predicted octanol–water partition coefficient (Wildman–Crippen LogP) is 3.84. The molecule has 0 bridgehead atoms. The van der Waals surface area contributed by atoms with Gasteiger partial charge in [-0.05, 0) is 15.4 Å². The van der Waals surface area contributed by atoms with Crippen LogP contribution >= 0.6 is 0 Å². The summed E-state index contributed by atoms with van der Waals surface area (Å²) in [6.45, 7) is 11.7. The van der Waals surface area contributed by atoms with E-state index in [1.54, 1.807) is 7.11 Å². The summed E-state index contributed by atoms with van der Waals surface area (Å²) in [5.41, 5.74) is 0. The molecule has 0 saturated heterocycles. The van der Waals surface area contributed by atoms with E-state index in [1.807, 2.05) is 6.92 Å². The van der Waals surface area contributed by atoms with E-state index in [9.17, 15) is 5.11 Å². The Morgan fingerprint density at radius 2 is 1.32 bits per heavy atom. The van der Waals surface area contributed by atoms with Crippen LogP contribution in [0, 0.1) is 11.8 Å². The third-order valence-electron chi connectivity index (χ3n) is 5.66. The van der Waals surface area contributed by atoms with E-state index in [4.69, 9.17) is 9.16 Å². The summed E-state index contributed by atoms with van der Waals surface area (Å²) in [5.74, 6) is 0.247. The molecule has 0 unspecified atom stereocenters. The topological polar surface area (TPSA) is 38.7 Å². The van der Waals surface area contributed by atoms with Gasteiger partial charge in [-0.3, -0.25) is 0 Å². The third-order valence-corrected chi connectivity index (χ3v) is 10.7. The molecule has 0 aliphatic carbocycles. The molecule has 2 rings (SSSR count). The van der Waals surface area contributed by atoms with E-state index in [2.05, 4.69) is 88.4 Å². The molecule has 1 N–H and O–H groups in total. The van der Waals surface area contributed by atoms with Crippen molar-refractivity contribution in [3.8, 4) is 0 Å². The highest BCUT2D eigenvalue weighted by Gasteiger charge is 2.50. The number of ether oxygens (including phenoxy) is 1. The van der Waals surface area contributed by atoms with Gasteiger partial charge in [0.25, 0.3) is 8.32 Å². The lowest BCUT2D eigenvalue weighted by Gasteiger charge is -2.44. The predicted molar refractivity (Wildman–Crippen MR) is 120 cm³/mol. The number of benzene rings is 2. The standard InChI is InChI=1S/C24H36O3Si/c1-19(17-25)23(26-6)20(2)18-27-28(24(3,4)5,21-13-9-7-10-14-21)22-15-11-8-12-16-22/h7-16,19-20,23,25H,17-18H2,1-6H3/t19-,20-,23-/m0/s1. The largest absolute Gasteiger partial charge is 0.407 e. The Kier molecular flexibility index (Phi) is 8.02. The van der Waals surface area contributed by atoms with Crippen LogP contribution in [0.15, 0.2) is 60.7 Å². The van der Waals surface area contributed by atoms with Gasteiger partial charge in [-0.2, -0.15) is 0 Å². The van der Waals surface area contributed by atoms with Crippen LogP contribution < -0.4 is 10.4 Å². The van der Waals surface area contributed by atoms with Crippen LogP contribution in [-0.4, -0.2) is 39.9 Å². The molecule has 0 aliphatic heterocycles. The maximum Gasteiger partial charge on any atom is 0.261 e. The number of hydrogen-bond acceptors (Lipinski definition) is 3. The molecule has 0 amide bonds. The minimum absolute atomic E-state index is 0.0387. The second-order valence-corrected chi connectivity index (χ2v) is 13.1. The monoisotopic (exact) mass is 400 g/mol. The molecular weight excluding hydrogens is 364 g/mol. The molecule has 0 saturated carbocycles. The zero-order valence-electron chi connectivity index (χ0n) is 18.2. The first-order valence-corrected chi connectivity index (χ1v) is 12.1. The Labute approximate surface area is 171 Å². The molecule has 0 radical (unpaired) electrons. The first-order valence-electron chi connectivity index (χ1n) is 10.2. The lowest BCUT2D eigenvalue weighted by molar-refractivity contribution is -0.0157. The van der Waals surface area contributed by atoms with Crippen LogP contribution in [0.2, 0.25) is 5.04 Å². The highest BCUT2D eigenvalue weighted by Crippen LogP contribution is 2.37. The smallest absolute Gasteiger partial charge is 0.261 e. The maximum absolute atomic E-state index is 9.59. The third kappa shape index (κ3) is 4.74. The Balaban J connectivity index is 2.47. The van der Waals surface area contributed by atoms with Crippen LogP contribution in [-0.2, 0) is 9.16 Å². The van der Waals surface area contributed by atoms with Gasteiger partial charge in [0.1, 0.15) is 0 Å². The summed E-state index contributed by atoms with van der Waals surface area (Å²) >= 11 is 0. The van der Waals surface area contributed by atoms with Gasteiger partial charge >= 0.3 is 0 Å². The fourth-order valence-electron chi connectivity index (χ4n) is 4.24. The van der Waals surface area contributed by atoms with Gasteiger partial charge in [-0.1, -0.05) is 95.3 Å². The molecular formula is C24H36O3Si. The van der Waals surface area contributed by atoms with E-state index >= 15 is 0 Å². The minimum atomic E-state index is -2.53. The van der Waals surface area contributed by atoms with Crippen LogP contribution in [0.5, 0.6) is 0 Å². The van der Waals surface area contributed by atoms with Crippen molar-refractivity contribution in [2.75, 3.05) is 20.3 Å².